The summed E-state index contributed by atoms with van der Waals surface area (Å²) in [7, 11) is 0. The van der Waals surface area contributed by atoms with Crippen LogP contribution in [-0.4, -0.2) is 6.04 Å². The molecule has 1 aromatic carbocycles. The van der Waals surface area contributed by atoms with Gasteiger partial charge in [0, 0.05) is 17.4 Å². The van der Waals surface area contributed by atoms with Gasteiger partial charge in [0.2, 0.25) is 0 Å². The second-order valence-corrected chi connectivity index (χ2v) is 3.92. The first-order valence-electron chi connectivity index (χ1n) is 5.21. The number of nitrogens with two attached hydrogens (primary N) is 1. The van der Waals surface area contributed by atoms with Crippen molar-refractivity contribution in [2.45, 2.75) is 19.4 Å². The lowest BCUT2D eigenvalue weighted by Gasteiger charge is -2.17. The zero-order valence-corrected chi connectivity index (χ0v) is 8.90. The first-order valence-corrected chi connectivity index (χ1v) is 5.21. The van der Waals surface area contributed by atoms with Crippen LogP contribution in [0.5, 0.6) is 0 Å². The van der Waals surface area contributed by atoms with E-state index in [-0.39, 0.29) is 0 Å². The molecule has 0 fully saturated rings. The molecule has 0 saturated carbocycles. The zero-order chi connectivity index (χ0) is 10.7. The second-order valence-electron chi connectivity index (χ2n) is 3.92. The van der Waals surface area contributed by atoms with Crippen molar-refractivity contribution in [2.75, 3.05) is 11.1 Å². The van der Waals surface area contributed by atoms with Gasteiger partial charge in [0.15, 0.2) is 0 Å². The van der Waals surface area contributed by atoms with E-state index in [2.05, 4.69) is 30.5 Å². The Balaban J connectivity index is 1.99. The number of nitrogens with one attached hydrogen (secondary N) is 1. The van der Waals surface area contributed by atoms with Gasteiger partial charge in [-0.1, -0.05) is 23.8 Å². The highest BCUT2D eigenvalue weighted by molar-refractivity contribution is 5.52. The van der Waals surface area contributed by atoms with E-state index >= 15 is 0 Å². The Morgan fingerprint density at radius 3 is 2.60 bits per heavy atom. The molecule has 0 amide bonds. The maximum atomic E-state index is 5.63. The van der Waals surface area contributed by atoms with Crippen LogP contribution in [0, 0.1) is 0 Å². The van der Waals surface area contributed by atoms with Gasteiger partial charge in [-0.3, -0.25) is 0 Å². The Hall–Kier alpha value is -1.70. The number of benzene rings is 1. The molecule has 2 rings (SSSR count). The lowest BCUT2D eigenvalue weighted by molar-refractivity contribution is 0.874. The fraction of sp³-hybridized carbons (Fsp3) is 0.231. The maximum absolute atomic E-state index is 5.63. The molecule has 1 atom stereocenters. The van der Waals surface area contributed by atoms with Crippen LogP contribution in [0.4, 0.5) is 11.4 Å². The SMILES string of the molecule is CC1=CCC(Nc2ccc(N)cc2)C=C1. The molecule has 0 saturated heterocycles. The minimum absolute atomic E-state index is 0.400. The average molecular weight is 200 g/mol. The largest absolute Gasteiger partial charge is 0.399 e. The van der Waals surface area contributed by atoms with E-state index in [0.29, 0.717) is 6.04 Å². The normalized spacial score (nSPS) is 19.8. The molecule has 0 radical (unpaired) electrons. The predicted octanol–water partition coefficient (Wildman–Crippen LogP) is 2.96. The van der Waals surface area contributed by atoms with Crippen LogP contribution < -0.4 is 11.1 Å². The lowest BCUT2D eigenvalue weighted by Crippen LogP contribution is -2.17. The van der Waals surface area contributed by atoms with Crippen molar-refractivity contribution in [1.82, 2.24) is 0 Å². The van der Waals surface area contributed by atoms with Crippen LogP contribution in [-0.2, 0) is 0 Å². The highest BCUT2D eigenvalue weighted by atomic mass is 14.9. The summed E-state index contributed by atoms with van der Waals surface area (Å²) in [6.45, 7) is 2.12. The smallest absolute Gasteiger partial charge is 0.0482 e. The molecular formula is C13H16N2. The minimum atomic E-state index is 0.400. The van der Waals surface area contributed by atoms with Crippen molar-refractivity contribution in [1.29, 1.82) is 0 Å². The van der Waals surface area contributed by atoms with Crippen LogP contribution in [0.3, 0.4) is 0 Å². The van der Waals surface area contributed by atoms with E-state index < -0.39 is 0 Å². The molecule has 1 aliphatic carbocycles. The third-order valence-electron chi connectivity index (χ3n) is 2.55. The Labute approximate surface area is 90.5 Å². The third-order valence-corrected chi connectivity index (χ3v) is 2.55. The Bertz CT molecular complexity index is 388. The van der Waals surface area contributed by atoms with Crippen LogP contribution >= 0.6 is 0 Å². The van der Waals surface area contributed by atoms with E-state index in [9.17, 15) is 0 Å². The molecule has 1 aromatic rings. The maximum Gasteiger partial charge on any atom is 0.0482 e. The first kappa shape index (κ1) is 9.84. The molecule has 78 valence electrons. The molecule has 1 unspecified atom stereocenters. The summed E-state index contributed by atoms with van der Waals surface area (Å²) in [4.78, 5) is 0. The summed E-state index contributed by atoms with van der Waals surface area (Å²) in [5, 5.41) is 3.44. The van der Waals surface area contributed by atoms with Crippen molar-refractivity contribution in [3.63, 3.8) is 0 Å². The average Bonchev–Trinajstić information content (AvgIpc) is 2.25. The van der Waals surface area contributed by atoms with Gasteiger partial charge in [-0.05, 0) is 37.6 Å². The summed E-state index contributed by atoms with van der Waals surface area (Å²) >= 11 is 0. The second kappa shape index (κ2) is 4.22. The first-order chi connectivity index (χ1) is 7.24. The molecule has 0 heterocycles. The third kappa shape index (κ3) is 2.62. The Morgan fingerprint density at radius 2 is 2.00 bits per heavy atom. The number of allylic oxidation sites excluding steroid dienone is 2. The summed E-state index contributed by atoms with van der Waals surface area (Å²) in [6.07, 6.45) is 7.64. The van der Waals surface area contributed by atoms with Crippen molar-refractivity contribution >= 4 is 11.4 Å². The van der Waals surface area contributed by atoms with E-state index in [0.717, 1.165) is 17.8 Å². The van der Waals surface area contributed by atoms with Crippen LogP contribution in [0.2, 0.25) is 0 Å². The van der Waals surface area contributed by atoms with Gasteiger partial charge in [0.1, 0.15) is 0 Å². The molecule has 2 heteroatoms. The topological polar surface area (TPSA) is 38.0 Å². The fourth-order valence-electron chi connectivity index (χ4n) is 1.63. The molecule has 0 spiro atoms. The van der Waals surface area contributed by atoms with E-state index in [1.807, 2.05) is 24.3 Å². The van der Waals surface area contributed by atoms with Crippen molar-refractivity contribution in [3.8, 4) is 0 Å². The summed E-state index contributed by atoms with van der Waals surface area (Å²) < 4.78 is 0. The number of nitrogen functional groups attached to an aromatic ring is 1. The van der Waals surface area contributed by atoms with Crippen LogP contribution in [0.15, 0.2) is 48.1 Å². The van der Waals surface area contributed by atoms with Crippen molar-refractivity contribution < 1.29 is 0 Å². The van der Waals surface area contributed by atoms with Crippen LogP contribution in [0.25, 0.3) is 0 Å². The Kier molecular flexibility index (Phi) is 2.77. The van der Waals surface area contributed by atoms with Gasteiger partial charge in [-0.25, -0.2) is 0 Å². The van der Waals surface area contributed by atoms with Gasteiger partial charge in [-0.15, -0.1) is 0 Å². The quantitative estimate of drug-likeness (QED) is 0.720. The number of hydrogen-bond acceptors (Lipinski definition) is 2. The molecule has 3 N–H and O–H groups in total. The summed E-state index contributed by atoms with van der Waals surface area (Å²) in [6, 6.07) is 8.24. The van der Waals surface area contributed by atoms with E-state index in [1.165, 1.54) is 5.57 Å². The molecule has 1 aliphatic rings. The van der Waals surface area contributed by atoms with Gasteiger partial charge in [-0.2, -0.15) is 0 Å². The van der Waals surface area contributed by atoms with E-state index in [1.54, 1.807) is 0 Å². The molecule has 15 heavy (non-hydrogen) atoms. The molecular weight excluding hydrogens is 184 g/mol. The molecule has 0 aliphatic heterocycles. The fourth-order valence-corrected chi connectivity index (χ4v) is 1.63. The summed E-state index contributed by atoms with van der Waals surface area (Å²) in [5.74, 6) is 0. The number of rotatable bonds is 2. The van der Waals surface area contributed by atoms with Gasteiger partial charge >= 0.3 is 0 Å². The highest BCUT2D eigenvalue weighted by Gasteiger charge is 2.06. The Morgan fingerprint density at radius 1 is 1.27 bits per heavy atom. The summed E-state index contributed by atoms with van der Waals surface area (Å²) in [5.41, 5.74) is 8.88. The van der Waals surface area contributed by atoms with Gasteiger partial charge < -0.3 is 11.1 Å². The minimum Gasteiger partial charge on any atom is -0.399 e. The molecule has 0 bridgehead atoms. The monoisotopic (exact) mass is 200 g/mol. The standard InChI is InChI=1S/C13H16N2/c1-10-2-6-12(7-3-10)15-13-8-4-11(14)5-9-13/h2-6,8-9,12,15H,7,14H2,1H3. The van der Waals surface area contributed by atoms with Gasteiger partial charge in [0.05, 0.1) is 0 Å². The van der Waals surface area contributed by atoms with Crippen LogP contribution in [0.1, 0.15) is 13.3 Å². The predicted molar refractivity (Wildman–Crippen MR) is 65.8 cm³/mol. The molecule has 0 aromatic heterocycles. The highest BCUT2D eigenvalue weighted by Crippen LogP contribution is 2.16. The van der Waals surface area contributed by atoms with E-state index in [4.69, 9.17) is 5.73 Å². The van der Waals surface area contributed by atoms with Gasteiger partial charge in [0.25, 0.3) is 0 Å². The lowest BCUT2D eigenvalue weighted by atomic mass is 10.0. The van der Waals surface area contributed by atoms with Crippen molar-refractivity contribution in [3.05, 3.63) is 48.1 Å². The molecule has 2 nitrogen and oxygen atoms in total. The van der Waals surface area contributed by atoms with Crippen molar-refractivity contribution in [2.24, 2.45) is 0 Å². The number of hydrogen-bond donors (Lipinski definition) is 2. The zero-order valence-electron chi connectivity index (χ0n) is 8.90. The number of anilines is 2.